The molecule has 0 aliphatic carbocycles. The largest absolute Gasteiger partial charge is 0.360 e. The van der Waals surface area contributed by atoms with Gasteiger partial charge in [0, 0.05) is 22.0 Å². The van der Waals surface area contributed by atoms with Gasteiger partial charge in [-0.3, -0.25) is 0 Å². The number of rotatable bonds is 3. The van der Waals surface area contributed by atoms with Crippen molar-refractivity contribution in [1.82, 2.24) is 4.98 Å². The number of alkyl halides is 2. The van der Waals surface area contributed by atoms with Crippen LogP contribution in [0, 0.1) is 0 Å². The number of hydrogen-bond acceptors (Lipinski definition) is 1. The lowest BCUT2D eigenvalue weighted by Crippen LogP contribution is -1.92. The summed E-state index contributed by atoms with van der Waals surface area (Å²) in [5.74, 6) is -0.151. The van der Waals surface area contributed by atoms with Crippen molar-refractivity contribution in [2.75, 3.05) is 5.75 Å². The molecule has 1 N–H and O–H groups in total. The number of nitrogens with one attached hydrogen (secondary N) is 1. The summed E-state index contributed by atoms with van der Waals surface area (Å²) < 4.78 is 24.0. The second-order valence-corrected chi connectivity index (χ2v) is 3.96. The first kappa shape index (κ1) is 9.52. The van der Waals surface area contributed by atoms with Crippen LogP contribution in [-0.2, 0) is 0 Å². The minimum absolute atomic E-state index is 0.151. The highest BCUT2D eigenvalue weighted by Gasteiger charge is 2.07. The van der Waals surface area contributed by atoms with Crippen molar-refractivity contribution in [2.24, 2.45) is 0 Å². The molecule has 0 aliphatic heterocycles. The predicted molar refractivity (Wildman–Crippen MR) is 55.0 cm³/mol. The summed E-state index contributed by atoms with van der Waals surface area (Å²) in [4.78, 5) is 3.94. The monoisotopic (exact) mass is 213 g/mol. The highest BCUT2D eigenvalue weighted by atomic mass is 32.2. The molecule has 14 heavy (non-hydrogen) atoms. The topological polar surface area (TPSA) is 15.8 Å². The molecular weight excluding hydrogens is 204 g/mol. The second kappa shape index (κ2) is 4.00. The maximum Gasteiger partial charge on any atom is 0.247 e. The third-order valence-electron chi connectivity index (χ3n) is 1.92. The Bertz CT molecular complexity index is 425. The summed E-state index contributed by atoms with van der Waals surface area (Å²) >= 11 is 1.18. The Balaban J connectivity index is 2.25. The predicted octanol–water partition coefficient (Wildman–Crippen LogP) is 3.53. The number of aromatic nitrogens is 1. The zero-order valence-electron chi connectivity index (χ0n) is 7.34. The molecule has 1 aromatic carbocycles. The highest BCUT2D eigenvalue weighted by molar-refractivity contribution is 7.99. The van der Waals surface area contributed by atoms with E-state index in [9.17, 15) is 8.78 Å². The first-order chi connectivity index (χ1) is 6.77. The molecule has 0 bridgehead atoms. The van der Waals surface area contributed by atoms with Gasteiger partial charge >= 0.3 is 0 Å². The normalized spacial score (nSPS) is 11.4. The van der Waals surface area contributed by atoms with E-state index in [2.05, 4.69) is 4.98 Å². The third-order valence-corrected chi connectivity index (χ3v) is 2.98. The van der Waals surface area contributed by atoms with Crippen LogP contribution >= 0.6 is 11.8 Å². The molecule has 4 heteroatoms. The average Bonchev–Trinajstić information content (AvgIpc) is 2.58. The number of halogens is 2. The van der Waals surface area contributed by atoms with Crippen LogP contribution in [0.2, 0.25) is 0 Å². The molecule has 0 spiro atoms. The van der Waals surface area contributed by atoms with Crippen molar-refractivity contribution in [1.29, 1.82) is 0 Å². The van der Waals surface area contributed by atoms with Gasteiger partial charge in [-0.1, -0.05) is 18.2 Å². The molecule has 1 aromatic heterocycles. The van der Waals surface area contributed by atoms with Crippen molar-refractivity contribution in [2.45, 2.75) is 11.3 Å². The Morgan fingerprint density at radius 2 is 2.07 bits per heavy atom. The van der Waals surface area contributed by atoms with E-state index in [1.54, 1.807) is 6.20 Å². The highest BCUT2D eigenvalue weighted by Crippen LogP contribution is 2.28. The van der Waals surface area contributed by atoms with Gasteiger partial charge in [0.1, 0.15) is 0 Å². The minimum Gasteiger partial charge on any atom is -0.360 e. The first-order valence-corrected chi connectivity index (χ1v) is 5.23. The molecule has 0 atom stereocenters. The van der Waals surface area contributed by atoms with Crippen LogP contribution in [-0.4, -0.2) is 17.2 Å². The van der Waals surface area contributed by atoms with Gasteiger partial charge in [0.15, 0.2) is 0 Å². The number of benzene rings is 1. The van der Waals surface area contributed by atoms with Crippen LogP contribution in [0.1, 0.15) is 0 Å². The van der Waals surface area contributed by atoms with Gasteiger partial charge in [-0.15, -0.1) is 11.8 Å². The molecular formula is C10H9F2NS. The molecule has 0 saturated heterocycles. The number of aromatic amines is 1. The standard InChI is InChI=1S/C10H9F2NS/c11-10(12)6-14-9-5-13-8-4-2-1-3-7(8)9/h1-5,10,13H,6H2. The first-order valence-electron chi connectivity index (χ1n) is 4.24. The van der Waals surface area contributed by atoms with E-state index in [4.69, 9.17) is 0 Å². The van der Waals surface area contributed by atoms with Gasteiger partial charge < -0.3 is 4.98 Å². The van der Waals surface area contributed by atoms with Crippen molar-refractivity contribution in [3.63, 3.8) is 0 Å². The number of thioether (sulfide) groups is 1. The number of hydrogen-bond donors (Lipinski definition) is 1. The molecule has 74 valence electrons. The van der Waals surface area contributed by atoms with Gasteiger partial charge in [0.2, 0.25) is 6.43 Å². The van der Waals surface area contributed by atoms with E-state index in [1.807, 2.05) is 24.3 Å². The SMILES string of the molecule is FC(F)CSc1c[nH]c2ccccc12. The fourth-order valence-corrected chi connectivity index (χ4v) is 2.10. The van der Waals surface area contributed by atoms with Crippen LogP contribution < -0.4 is 0 Å². The zero-order valence-corrected chi connectivity index (χ0v) is 8.15. The van der Waals surface area contributed by atoms with Crippen LogP contribution in [0.25, 0.3) is 10.9 Å². The summed E-state index contributed by atoms with van der Waals surface area (Å²) in [5.41, 5.74) is 0.990. The van der Waals surface area contributed by atoms with Crippen molar-refractivity contribution in [3.8, 4) is 0 Å². The smallest absolute Gasteiger partial charge is 0.247 e. The number of fused-ring (bicyclic) bond motifs is 1. The second-order valence-electron chi connectivity index (χ2n) is 2.90. The summed E-state index contributed by atoms with van der Waals surface area (Å²) in [5, 5.41) is 1.01. The molecule has 1 nitrogen and oxygen atoms in total. The quantitative estimate of drug-likeness (QED) is 0.771. The Morgan fingerprint density at radius 1 is 1.29 bits per heavy atom. The molecule has 1 heterocycles. The van der Waals surface area contributed by atoms with E-state index in [-0.39, 0.29) is 5.75 Å². The average molecular weight is 213 g/mol. The third kappa shape index (κ3) is 1.90. The summed E-state index contributed by atoms with van der Waals surface area (Å²) in [6.45, 7) is 0. The summed E-state index contributed by atoms with van der Waals surface area (Å²) in [6, 6.07) is 7.68. The fourth-order valence-electron chi connectivity index (χ4n) is 1.32. The summed E-state index contributed by atoms with van der Waals surface area (Å²) in [6.07, 6.45) is -0.480. The molecule has 0 saturated carbocycles. The Labute approximate surface area is 84.5 Å². The van der Waals surface area contributed by atoms with Crippen molar-refractivity contribution in [3.05, 3.63) is 30.5 Å². The molecule has 2 rings (SSSR count). The van der Waals surface area contributed by atoms with Crippen LogP contribution in [0.15, 0.2) is 35.4 Å². The molecule has 0 unspecified atom stereocenters. The lowest BCUT2D eigenvalue weighted by Gasteiger charge is -1.97. The van der Waals surface area contributed by atoms with Gasteiger partial charge in [-0.05, 0) is 6.07 Å². The number of H-pyrrole nitrogens is 1. The van der Waals surface area contributed by atoms with Crippen LogP contribution in [0.3, 0.4) is 0 Å². The maximum atomic E-state index is 12.0. The van der Waals surface area contributed by atoms with Crippen molar-refractivity contribution >= 4 is 22.7 Å². The van der Waals surface area contributed by atoms with E-state index in [0.717, 1.165) is 15.8 Å². The Morgan fingerprint density at radius 3 is 2.86 bits per heavy atom. The molecule has 0 aliphatic rings. The Hall–Kier alpha value is -1.03. The van der Waals surface area contributed by atoms with Crippen LogP contribution in [0.4, 0.5) is 8.78 Å². The fraction of sp³-hybridized carbons (Fsp3) is 0.200. The molecule has 0 fully saturated rings. The molecule has 0 amide bonds. The number of para-hydroxylation sites is 1. The van der Waals surface area contributed by atoms with Gasteiger partial charge in [0.25, 0.3) is 0 Å². The zero-order chi connectivity index (χ0) is 9.97. The minimum atomic E-state index is -2.26. The maximum absolute atomic E-state index is 12.0. The van der Waals surface area contributed by atoms with Gasteiger partial charge in [-0.25, -0.2) is 8.78 Å². The lowest BCUT2D eigenvalue weighted by molar-refractivity contribution is 0.177. The summed E-state index contributed by atoms with van der Waals surface area (Å²) in [7, 11) is 0. The molecule has 0 radical (unpaired) electrons. The van der Waals surface area contributed by atoms with E-state index in [1.165, 1.54) is 11.8 Å². The van der Waals surface area contributed by atoms with E-state index < -0.39 is 6.43 Å². The van der Waals surface area contributed by atoms with Gasteiger partial charge in [-0.2, -0.15) is 0 Å². The lowest BCUT2D eigenvalue weighted by atomic mass is 10.2. The van der Waals surface area contributed by atoms with Gasteiger partial charge in [0.05, 0.1) is 5.75 Å². The van der Waals surface area contributed by atoms with E-state index in [0.29, 0.717) is 0 Å². The van der Waals surface area contributed by atoms with Crippen molar-refractivity contribution < 1.29 is 8.78 Å². The van der Waals surface area contributed by atoms with E-state index >= 15 is 0 Å². The Kier molecular flexibility index (Phi) is 2.72. The van der Waals surface area contributed by atoms with Crippen LogP contribution in [0.5, 0.6) is 0 Å². The molecule has 2 aromatic rings.